The smallest absolute Gasteiger partial charge is 0.240 e. The Morgan fingerprint density at radius 1 is 1.45 bits per heavy atom. The average molecular weight is 292 g/mol. The van der Waals surface area contributed by atoms with Crippen molar-refractivity contribution >= 4 is 10.0 Å². The molecule has 2 rings (SSSR count). The van der Waals surface area contributed by atoms with E-state index in [9.17, 15) is 8.42 Å². The number of benzene rings is 1. The Bertz CT molecular complexity index is 625. The molecule has 0 amide bonds. The van der Waals surface area contributed by atoms with E-state index in [1.807, 2.05) is 6.92 Å². The molecule has 0 aliphatic heterocycles. The summed E-state index contributed by atoms with van der Waals surface area (Å²) in [6, 6.07) is 6.62. The largest absolute Gasteiger partial charge is 0.320 e. The summed E-state index contributed by atoms with van der Waals surface area (Å²) in [6.45, 7) is 2.19. The summed E-state index contributed by atoms with van der Waals surface area (Å²) in [7, 11) is -3.48. The van der Waals surface area contributed by atoms with Gasteiger partial charge in [-0.1, -0.05) is 24.3 Å². The van der Waals surface area contributed by atoms with Crippen LogP contribution in [0.15, 0.2) is 29.2 Å². The van der Waals surface area contributed by atoms with Crippen LogP contribution in [0.4, 0.5) is 0 Å². The molecule has 1 unspecified atom stereocenters. The number of hydrogen-bond acceptors (Lipinski definition) is 3. The third-order valence-corrected chi connectivity index (χ3v) is 5.23. The minimum absolute atomic E-state index is 0.0208. The van der Waals surface area contributed by atoms with Gasteiger partial charge in [-0.15, -0.1) is 0 Å². The lowest BCUT2D eigenvalue weighted by Crippen LogP contribution is -2.40. The zero-order valence-corrected chi connectivity index (χ0v) is 12.4. The molecule has 0 saturated heterocycles. The van der Waals surface area contributed by atoms with Crippen LogP contribution in [0.25, 0.3) is 0 Å². The van der Waals surface area contributed by atoms with E-state index in [-0.39, 0.29) is 17.5 Å². The van der Waals surface area contributed by atoms with Crippen molar-refractivity contribution in [2.24, 2.45) is 11.7 Å². The summed E-state index contributed by atoms with van der Waals surface area (Å²) < 4.78 is 27.4. The van der Waals surface area contributed by atoms with Crippen molar-refractivity contribution in [3.8, 4) is 11.8 Å². The standard InChI is InChI=1S/C15H20N2O2S/c1-12(14-7-3-8-14)17-20(18,19)15-9-2-5-13(11-15)6-4-10-16/h2,5,9,11-12,14,17H,3,7-8,10,16H2,1H3. The van der Waals surface area contributed by atoms with Gasteiger partial charge in [0.25, 0.3) is 0 Å². The maximum atomic E-state index is 12.3. The van der Waals surface area contributed by atoms with Gasteiger partial charge in [0.1, 0.15) is 0 Å². The topological polar surface area (TPSA) is 72.2 Å². The van der Waals surface area contributed by atoms with Gasteiger partial charge in [0.05, 0.1) is 11.4 Å². The van der Waals surface area contributed by atoms with Crippen molar-refractivity contribution in [3.05, 3.63) is 29.8 Å². The van der Waals surface area contributed by atoms with Crippen LogP contribution in [-0.4, -0.2) is 21.0 Å². The van der Waals surface area contributed by atoms with Gasteiger partial charge in [-0.3, -0.25) is 0 Å². The van der Waals surface area contributed by atoms with Gasteiger partial charge >= 0.3 is 0 Å². The molecule has 1 fully saturated rings. The minimum atomic E-state index is -3.48. The first kappa shape index (κ1) is 15.0. The molecule has 5 heteroatoms. The van der Waals surface area contributed by atoms with Crippen LogP contribution in [0, 0.1) is 17.8 Å². The third-order valence-electron chi connectivity index (χ3n) is 3.68. The molecule has 0 heterocycles. The molecular weight excluding hydrogens is 272 g/mol. The van der Waals surface area contributed by atoms with Crippen molar-refractivity contribution in [2.45, 2.75) is 37.1 Å². The van der Waals surface area contributed by atoms with Gasteiger partial charge in [0, 0.05) is 11.6 Å². The normalized spacial score (nSPS) is 16.9. The highest BCUT2D eigenvalue weighted by Gasteiger charge is 2.27. The number of nitrogens with one attached hydrogen (secondary N) is 1. The molecular formula is C15H20N2O2S. The monoisotopic (exact) mass is 292 g/mol. The highest BCUT2D eigenvalue weighted by Crippen LogP contribution is 2.30. The molecule has 1 aromatic rings. The predicted octanol–water partition coefficient (Wildman–Crippen LogP) is 1.46. The van der Waals surface area contributed by atoms with Crippen molar-refractivity contribution in [1.82, 2.24) is 4.72 Å². The van der Waals surface area contributed by atoms with Crippen molar-refractivity contribution in [3.63, 3.8) is 0 Å². The molecule has 1 saturated carbocycles. The summed E-state index contributed by atoms with van der Waals surface area (Å²) in [4.78, 5) is 0.257. The fourth-order valence-electron chi connectivity index (χ4n) is 2.24. The van der Waals surface area contributed by atoms with Crippen LogP contribution in [-0.2, 0) is 10.0 Å². The van der Waals surface area contributed by atoms with Gasteiger partial charge in [0.15, 0.2) is 0 Å². The predicted molar refractivity (Wildman–Crippen MR) is 79.5 cm³/mol. The van der Waals surface area contributed by atoms with E-state index in [1.165, 1.54) is 6.42 Å². The summed E-state index contributed by atoms with van der Waals surface area (Å²) in [6.07, 6.45) is 3.40. The first-order valence-electron chi connectivity index (χ1n) is 6.84. The molecule has 1 aromatic carbocycles. The lowest BCUT2D eigenvalue weighted by Gasteiger charge is -2.31. The highest BCUT2D eigenvalue weighted by atomic mass is 32.2. The Hall–Kier alpha value is -1.35. The zero-order valence-electron chi connectivity index (χ0n) is 11.6. The van der Waals surface area contributed by atoms with Crippen molar-refractivity contribution in [2.75, 3.05) is 6.54 Å². The van der Waals surface area contributed by atoms with Gasteiger partial charge in [-0.2, -0.15) is 0 Å². The van der Waals surface area contributed by atoms with E-state index < -0.39 is 10.0 Å². The minimum Gasteiger partial charge on any atom is -0.320 e. The van der Waals surface area contributed by atoms with E-state index >= 15 is 0 Å². The van der Waals surface area contributed by atoms with E-state index in [0.29, 0.717) is 11.5 Å². The summed E-state index contributed by atoms with van der Waals surface area (Å²) >= 11 is 0. The van der Waals surface area contributed by atoms with Crippen LogP contribution < -0.4 is 10.5 Å². The maximum absolute atomic E-state index is 12.3. The Balaban J connectivity index is 2.16. The van der Waals surface area contributed by atoms with Gasteiger partial charge in [-0.05, 0) is 43.9 Å². The SMILES string of the molecule is CC(NS(=O)(=O)c1cccc(C#CCN)c1)C1CCC1. The maximum Gasteiger partial charge on any atom is 0.240 e. The van der Waals surface area contributed by atoms with Crippen LogP contribution in [0.3, 0.4) is 0 Å². The number of hydrogen-bond donors (Lipinski definition) is 2. The fraction of sp³-hybridized carbons (Fsp3) is 0.467. The van der Waals surface area contributed by atoms with E-state index in [1.54, 1.807) is 24.3 Å². The van der Waals surface area contributed by atoms with Gasteiger partial charge < -0.3 is 5.73 Å². The number of rotatable bonds is 4. The quantitative estimate of drug-likeness (QED) is 0.825. The molecule has 0 bridgehead atoms. The van der Waals surface area contributed by atoms with E-state index in [2.05, 4.69) is 16.6 Å². The molecule has 0 radical (unpaired) electrons. The second-order valence-corrected chi connectivity index (χ2v) is 6.85. The van der Waals surface area contributed by atoms with Crippen LogP contribution >= 0.6 is 0 Å². The summed E-state index contributed by atoms with van der Waals surface area (Å²) in [5.41, 5.74) is 5.98. The van der Waals surface area contributed by atoms with E-state index in [0.717, 1.165) is 12.8 Å². The van der Waals surface area contributed by atoms with Crippen LogP contribution in [0.2, 0.25) is 0 Å². The highest BCUT2D eigenvalue weighted by molar-refractivity contribution is 7.89. The van der Waals surface area contributed by atoms with Crippen LogP contribution in [0.1, 0.15) is 31.7 Å². The lowest BCUT2D eigenvalue weighted by atomic mass is 9.81. The van der Waals surface area contributed by atoms with Gasteiger partial charge in [0.2, 0.25) is 10.0 Å². The Morgan fingerprint density at radius 2 is 2.20 bits per heavy atom. The van der Waals surface area contributed by atoms with Crippen LogP contribution in [0.5, 0.6) is 0 Å². The Morgan fingerprint density at radius 3 is 2.80 bits per heavy atom. The molecule has 1 atom stereocenters. The van der Waals surface area contributed by atoms with Gasteiger partial charge in [-0.25, -0.2) is 13.1 Å². The first-order valence-corrected chi connectivity index (χ1v) is 8.32. The fourth-order valence-corrected chi connectivity index (χ4v) is 3.60. The molecule has 1 aliphatic rings. The second kappa shape index (κ2) is 6.40. The molecule has 3 N–H and O–H groups in total. The van der Waals surface area contributed by atoms with Crippen molar-refractivity contribution in [1.29, 1.82) is 0 Å². The zero-order chi connectivity index (χ0) is 14.6. The molecule has 1 aliphatic carbocycles. The summed E-state index contributed by atoms with van der Waals surface area (Å²) in [5, 5.41) is 0. The first-order chi connectivity index (χ1) is 9.53. The second-order valence-electron chi connectivity index (χ2n) is 5.13. The number of sulfonamides is 1. The molecule has 0 spiro atoms. The average Bonchev–Trinajstić information content (AvgIpc) is 2.34. The lowest BCUT2D eigenvalue weighted by molar-refractivity contribution is 0.260. The third kappa shape index (κ3) is 3.60. The molecule has 20 heavy (non-hydrogen) atoms. The Kier molecular flexibility index (Phi) is 4.81. The molecule has 4 nitrogen and oxygen atoms in total. The number of nitrogens with two attached hydrogens (primary N) is 1. The van der Waals surface area contributed by atoms with E-state index in [4.69, 9.17) is 5.73 Å². The molecule has 0 aromatic heterocycles. The summed E-state index contributed by atoms with van der Waals surface area (Å²) in [5.74, 6) is 6.03. The van der Waals surface area contributed by atoms with Crippen molar-refractivity contribution < 1.29 is 8.42 Å². The Labute approximate surface area is 120 Å². The molecule has 108 valence electrons.